The molecule has 0 aliphatic heterocycles. The molecule has 0 spiro atoms. The van der Waals surface area contributed by atoms with Crippen LogP contribution in [0, 0.1) is 0 Å². The first-order valence-electron chi connectivity index (χ1n) is 4.23. The second kappa shape index (κ2) is 4.96. The van der Waals surface area contributed by atoms with Crippen molar-refractivity contribution in [2.75, 3.05) is 0 Å². The standard InChI is InChI=1S/C11H11BrO2/c1-2-8(7-11(13)14)9-4-3-5-10(12)6-9/h2-6,8H,1,7H2,(H,13,14). The van der Waals surface area contributed by atoms with Gasteiger partial charge in [0.15, 0.2) is 0 Å². The zero-order valence-corrected chi connectivity index (χ0v) is 9.20. The number of halogens is 1. The van der Waals surface area contributed by atoms with E-state index in [2.05, 4.69) is 22.5 Å². The summed E-state index contributed by atoms with van der Waals surface area (Å²) in [5, 5.41) is 8.69. The van der Waals surface area contributed by atoms with E-state index in [1.54, 1.807) is 6.08 Å². The molecule has 14 heavy (non-hydrogen) atoms. The van der Waals surface area contributed by atoms with E-state index in [-0.39, 0.29) is 12.3 Å². The lowest BCUT2D eigenvalue weighted by atomic mass is 9.96. The molecule has 0 saturated heterocycles. The first-order chi connectivity index (χ1) is 6.63. The van der Waals surface area contributed by atoms with E-state index in [9.17, 15) is 4.79 Å². The van der Waals surface area contributed by atoms with Crippen LogP contribution in [0.2, 0.25) is 0 Å². The lowest BCUT2D eigenvalue weighted by Gasteiger charge is -2.10. The summed E-state index contributed by atoms with van der Waals surface area (Å²) in [5.41, 5.74) is 0.969. The largest absolute Gasteiger partial charge is 0.481 e. The summed E-state index contributed by atoms with van der Waals surface area (Å²) in [6.07, 6.45) is 1.75. The zero-order chi connectivity index (χ0) is 10.6. The van der Waals surface area contributed by atoms with Gasteiger partial charge in [0.1, 0.15) is 0 Å². The number of benzene rings is 1. The third-order valence-corrected chi connectivity index (χ3v) is 2.45. The van der Waals surface area contributed by atoms with E-state index >= 15 is 0 Å². The Hall–Kier alpha value is -1.09. The maximum Gasteiger partial charge on any atom is 0.304 e. The number of carbonyl (C=O) groups is 1. The van der Waals surface area contributed by atoms with Gasteiger partial charge in [-0.2, -0.15) is 0 Å². The molecule has 0 bridgehead atoms. The average Bonchev–Trinajstić information content (AvgIpc) is 2.14. The Morgan fingerprint density at radius 3 is 2.86 bits per heavy atom. The fraction of sp³-hybridized carbons (Fsp3) is 0.182. The van der Waals surface area contributed by atoms with Crippen LogP contribution in [0.15, 0.2) is 41.4 Å². The van der Waals surface area contributed by atoms with Gasteiger partial charge < -0.3 is 5.11 Å². The van der Waals surface area contributed by atoms with Crippen LogP contribution in [0.3, 0.4) is 0 Å². The first kappa shape index (κ1) is 11.0. The Bertz CT molecular complexity index is 347. The summed E-state index contributed by atoms with van der Waals surface area (Å²) < 4.78 is 0.951. The molecule has 2 nitrogen and oxygen atoms in total. The average molecular weight is 255 g/mol. The molecule has 3 heteroatoms. The Kier molecular flexibility index (Phi) is 3.89. The maximum absolute atomic E-state index is 10.6. The quantitative estimate of drug-likeness (QED) is 0.839. The molecule has 1 rings (SSSR count). The number of rotatable bonds is 4. The van der Waals surface area contributed by atoms with E-state index in [1.165, 1.54) is 0 Å². The molecule has 74 valence electrons. The van der Waals surface area contributed by atoms with E-state index in [1.807, 2.05) is 24.3 Å². The molecule has 1 atom stereocenters. The van der Waals surface area contributed by atoms with Gasteiger partial charge in [-0.1, -0.05) is 34.1 Å². The van der Waals surface area contributed by atoms with Gasteiger partial charge in [-0.25, -0.2) is 0 Å². The summed E-state index contributed by atoms with van der Waals surface area (Å²) in [6, 6.07) is 7.61. The van der Waals surface area contributed by atoms with Gasteiger partial charge in [0.05, 0.1) is 6.42 Å². The summed E-state index contributed by atoms with van der Waals surface area (Å²) >= 11 is 3.34. The van der Waals surface area contributed by atoms with Gasteiger partial charge in [-0.05, 0) is 17.7 Å². The fourth-order valence-electron chi connectivity index (χ4n) is 1.26. The van der Waals surface area contributed by atoms with Crippen molar-refractivity contribution >= 4 is 21.9 Å². The summed E-state index contributed by atoms with van der Waals surface area (Å²) in [5.74, 6) is -0.931. The number of hydrogen-bond acceptors (Lipinski definition) is 1. The van der Waals surface area contributed by atoms with Crippen molar-refractivity contribution in [2.45, 2.75) is 12.3 Å². The second-order valence-corrected chi connectivity index (χ2v) is 3.91. The summed E-state index contributed by atoms with van der Waals surface area (Å²) in [7, 11) is 0. The SMILES string of the molecule is C=CC(CC(=O)O)c1cccc(Br)c1. The summed E-state index contributed by atoms with van der Waals surface area (Å²) in [6.45, 7) is 3.64. The molecular weight excluding hydrogens is 244 g/mol. The minimum atomic E-state index is -0.810. The van der Waals surface area contributed by atoms with Crippen molar-refractivity contribution in [2.24, 2.45) is 0 Å². The highest BCUT2D eigenvalue weighted by Gasteiger charge is 2.11. The molecule has 1 aromatic carbocycles. The van der Waals surface area contributed by atoms with Crippen LogP contribution in [-0.2, 0) is 4.79 Å². The Morgan fingerprint density at radius 1 is 1.64 bits per heavy atom. The molecule has 0 amide bonds. The highest BCUT2D eigenvalue weighted by atomic mass is 79.9. The number of carboxylic acid groups (broad SMARTS) is 1. The number of aliphatic carboxylic acids is 1. The molecule has 0 saturated carbocycles. The highest BCUT2D eigenvalue weighted by Crippen LogP contribution is 2.23. The lowest BCUT2D eigenvalue weighted by molar-refractivity contribution is -0.137. The van der Waals surface area contributed by atoms with E-state index in [0.29, 0.717) is 0 Å². The summed E-state index contributed by atoms with van der Waals surface area (Å²) in [4.78, 5) is 10.6. The third-order valence-electron chi connectivity index (χ3n) is 1.96. The molecule has 0 heterocycles. The van der Waals surface area contributed by atoms with E-state index < -0.39 is 5.97 Å². The number of carboxylic acids is 1. The van der Waals surface area contributed by atoms with Crippen LogP contribution < -0.4 is 0 Å². The Morgan fingerprint density at radius 2 is 2.36 bits per heavy atom. The molecule has 1 N–H and O–H groups in total. The smallest absolute Gasteiger partial charge is 0.304 e. The van der Waals surface area contributed by atoms with Gasteiger partial charge in [-0.3, -0.25) is 4.79 Å². The third kappa shape index (κ3) is 3.00. The normalized spacial score (nSPS) is 12.1. The topological polar surface area (TPSA) is 37.3 Å². The van der Waals surface area contributed by atoms with Gasteiger partial charge >= 0.3 is 5.97 Å². The minimum absolute atomic E-state index is 0.0833. The van der Waals surface area contributed by atoms with Gasteiger partial charge in [0.2, 0.25) is 0 Å². The number of allylic oxidation sites excluding steroid dienone is 1. The van der Waals surface area contributed by atoms with Crippen molar-refractivity contribution in [3.63, 3.8) is 0 Å². The van der Waals surface area contributed by atoms with Gasteiger partial charge in [0, 0.05) is 10.4 Å². The molecule has 0 radical (unpaired) electrons. The van der Waals surface area contributed by atoms with Gasteiger partial charge in [-0.15, -0.1) is 6.58 Å². The van der Waals surface area contributed by atoms with Crippen LogP contribution >= 0.6 is 15.9 Å². The van der Waals surface area contributed by atoms with E-state index in [0.717, 1.165) is 10.0 Å². The minimum Gasteiger partial charge on any atom is -0.481 e. The lowest BCUT2D eigenvalue weighted by Crippen LogP contribution is -2.03. The Balaban J connectivity index is 2.89. The van der Waals surface area contributed by atoms with E-state index in [4.69, 9.17) is 5.11 Å². The van der Waals surface area contributed by atoms with Crippen LogP contribution in [0.4, 0.5) is 0 Å². The first-order valence-corrected chi connectivity index (χ1v) is 5.02. The molecule has 1 unspecified atom stereocenters. The molecule has 0 aliphatic carbocycles. The maximum atomic E-state index is 10.6. The predicted octanol–water partition coefficient (Wildman–Crippen LogP) is 3.19. The monoisotopic (exact) mass is 254 g/mol. The highest BCUT2D eigenvalue weighted by molar-refractivity contribution is 9.10. The van der Waals surface area contributed by atoms with Crippen molar-refractivity contribution in [3.05, 3.63) is 47.0 Å². The molecule has 1 aromatic rings. The van der Waals surface area contributed by atoms with Crippen molar-refractivity contribution in [3.8, 4) is 0 Å². The molecular formula is C11H11BrO2. The Labute approximate surface area is 91.4 Å². The van der Waals surface area contributed by atoms with Gasteiger partial charge in [0.25, 0.3) is 0 Å². The van der Waals surface area contributed by atoms with Crippen LogP contribution in [0.5, 0.6) is 0 Å². The van der Waals surface area contributed by atoms with Crippen LogP contribution in [0.1, 0.15) is 17.9 Å². The number of hydrogen-bond donors (Lipinski definition) is 1. The van der Waals surface area contributed by atoms with Crippen LogP contribution in [-0.4, -0.2) is 11.1 Å². The predicted molar refractivity (Wildman–Crippen MR) is 59.3 cm³/mol. The van der Waals surface area contributed by atoms with Crippen molar-refractivity contribution in [1.29, 1.82) is 0 Å². The van der Waals surface area contributed by atoms with Crippen molar-refractivity contribution in [1.82, 2.24) is 0 Å². The second-order valence-electron chi connectivity index (χ2n) is 3.00. The molecule has 0 aliphatic rings. The zero-order valence-electron chi connectivity index (χ0n) is 7.61. The van der Waals surface area contributed by atoms with Crippen LogP contribution in [0.25, 0.3) is 0 Å². The molecule has 0 aromatic heterocycles. The fourth-order valence-corrected chi connectivity index (χ4v) is 1.68. The van der Waals surface area contributed by atoms with Crippen molar-refractivity contribution < 1.29 is 9.90 Å². The molecule has 0 fully saturated rings.